The highest BCUT2D eigenvalue weighted by molar-refractivity contribution is 7.51. The molecule has 6 atom stereocenters. The maximum absolute atomic E-state index is 10.7. The average molecular weight is 258 g/mol. The Hall–Kier alpha value is -0.0500. The first-order valence-corrected chi connectivity index (χ1v) is 6.40. The van der Waals surface area contributed by atoms with Gasteiger partial charge in [0.25, 0.3) is 0 Å². The third-order valence-electron chi connectivity index (χ3n) is 2.73. The molecule has 9 heteroatoms. The molecular formula is C7H15O8P. The Morgan fingerprint density at radius 2 is 1.06 bits per heavy atom. The second-order valence-electron chi connectivity index (χ2n) is 3.96. The van der Waals surface area contributed by atoms with E-state index in [2.05, 4.69) is 0 Å². The van der Waals surface area contributed by atoms with Gasteiger partial charge in [-0.25, -0.2) is 0 Å². The van der Waals surface area contributed by atoms with Gasteiger partial charge in [0.2, 0.25) is 0 Å². The van der Waals surface area contributed by atoms with Crippen LogP contribution in [0.1, 0.15) is 0 Å². The first-order valence-electron chi connectivity index (χ1n) is 4.60. The fraction of sp³-hybridized carbons (Fsp3) is 1.00. The molecule has 0 bridgehead atoms. The van der Waals surface area contributed by atoms with E-state index in [0.29, 0.717) is 0 Å². The smallest absolute Gasteiger partial charge is 0.326 e. The number of aliphatic hydroxyl groups excluding tert-OH is 5. The van der Waals surface area contributed by atoms with E-state index in [1.807, 2.05) is 0 Å². The molecule has 7 N–H and O–H groups in total. The third-order valence-corrected chi connectivity index (χ3v) is 3.62. The highest BCUT2D eigenvalue weighted by atomic mass is 31.2. The van der Waals surface area contributed by atoms with Crippen LogP contribution in [0.2, 0.25) is 0 Å². The lowest BCUT2D eigenvalue weighted by molar-refractivity contribution is -0.199. The van der Waals surface area contributed by atoms with Gasteiger partial charge in [-0.15, -0.1) is 0 Å². The Kier molecular flexibility index (Phi) is 4.09. The van der Waals surface area contributed by atoms with Gasteiger partial charge in [0, 0.05) is 5.92 Å². The minimum Gasteiger partial charge on any atom is -0.390 e. The zero-order valence-corrected chi connectivity index (χ0v) is 9.05. The summed E-state index contributed by atoms with van der Waals surface area (Å²) in [5.41, 5.74) is 0. The van der Waals surface area contributed by atoms with Crippen LogP contribution in [0.15, 0.2) is 0 Å². The van der Waals surface area contributed by atoms with Crippen molar-refractivity contribution in [3.8, 4) is 0 Å². The van der Waals surface area contributed by atoms with Crippen molar-refractivity contribution >= 4 is 7.60 Å². The van der Waals surface area contributed by atoms with E-state index < -0.39 is 50.2 Å². The fourth-order valence-corrected chi connectivity index (χ4v) is 2.79. The van der Waals surface area contributed by atoms with Crippen LogP contribution in [0.5, 0.6) is 0 Å². The third kappa shape index (κ3) is 2.79. The monoisotopic (exact) mass is 258 g/mol. The van der Waals surface area contributed by atoms with E-state index >= 15 is 0 Å². The quantitative estimate of drug-likeness (QED) is 0.252. The molecule has 16 heavy (non-hydrogen) atoms. The lowest BCUT2D eigenvalue weighted by Crippen LogP contribution is -2.61. The van der Waals surface area contributed by atoms with Crippen LogP contribution in [-0.2, 0) is 4.57 Å². The zero-order chi connectivity index (χ0) is 12.7. The Morgan fingerprint density at radius 3 is 1.38 bits per heavy atom. The maximum atomic E-state index is 10.7. The lowest BCUT2D eigenvalue weighted by Gasteiger charge is -2.41. The van der Waals surface area contributed by atoms with E-state index in [0.717, 1.165) is 0 Å². The minimum atomic E-state index is -4.51. The fourth-order valence-electron chi connectivity index (χ4n) is 1.81. The first kappa shape index (κ1) is 14.0. The van der Waals surface area contributed by atoms with Gasteiger partial charge in [-0.2, -0.15) is 0 Å². The summed E-state index contributed by atoms with van der Waals surface area (Å²) in [6.45, 7) is 0. The summed E-state index contributed by atoms with van der Waals surface area (Å²) in [5, 5.41) is 46.6. The molecule has 1 aliphatic rings. The van der Waals surface area contributed by atoms with E-state index in [4.69, 9.17) is 9.79 Å². The van der Waals surface area contributed by atoms with Crippen LogP contribution in [0, 0.1) is 5.92 Å². The number of aliphatic hydroxyl groups is 5. The van der Waals surface area contributed by atoms with Gasteiger partial charge in [-0.3, -0.25) is 4.57 Å². The van der Waals surface area contributed by atoms with Gasteiger partial charge >= 0.3 is 7.60 Å². The Bertz CT molecular complexity index is 274. The largest absolute Gasteiger partial charge is 0.390 e. The first-order chi connectivity index (χ1) is 7.15. The second kappa shape index (κ2) is 4.67. The molecule has 0 aromatic rings. The summed E-state index contributed by atoms with van der Waals surface area (Å²) in [5.74, 6) is -1.39. The van der Waals surface area contributed by atoms with Crippen molar-refractivity contribution in [3.05, 3.63) is 0 Å². The maximum Gasteiger partial charge on any atom is 0.326 e. The number of hydrogen-bond acceptors (Lipinski definition) is 6. The molecular weight excluding hydrogens is 243 g/mol. The highest BCUT2D eigenvalue weighted by Gasteiger charge is 2.49. The SMILES string of the molecule is O=P(O)(O)CC1[C@@H](O)[C@H](O)C(O)[C@H](O)[C@@H]1O. The number of hydrogen-bond donors (Lipinski definition) is 7. The summed E-state index contributed by atoms with van der Waals surface area (Å²) < 4.78 is 10.7. The van der Waals surface area contributed by atoms with Gasteiger partial charge in [0.05, 0.1) is 18.4 Å². The molecule has 1 fully saturated rings. The van der Waals surface area contributed by atoms with Crippen molar-refractivity contribution in [3.63, 3.8) is 0 Å². The molecule has 0 saturated heterocycles. The van der Waals surface area contributed by atoms with Gasteiger partial charge < -0.3 is 35.3 Å². The summed E-state index contributed by atoms with van der Waals surface area (Å²) in [6, 6.07) is 0. The van der Waals surface area contributed by atoms with Crippen molar-refractivity contribution in [2.45, 2.75) is 30.5 Å². The summed E-state index contributed by atoms with van der Waals surface area (Å²) in [6.07, 6.45) is -9.55. The standard InChI is InChI=1S/C7H15O8P/c8-3-2(1-16(13,14)15)4(9)6(11)7(12)5(3)10/h2-12H,1H2,(H2,13,14,15)/t2?,3-,4-,5-,6+,7?/m1/s1. The Balaban J connectivity index is 2.87. The minimum absolute atomic E-state index is 0.879. The van der Waals surface area contributed by atoms with Crippen molar-refractivity contribution < 1.29 is 39.9 Å². The second-order valence-corrected chi connectivity index (χ2v) is 5.66. The molecule has 0 aliphatic heterocycles. The van der Waals surface area contributed by atoms with Crippen molar-refractivity contribution in [1.82, 2.24) is 0 Å². The zero-order valence-electron chi connectivity index (χ0n) is 8.16. The van der Waals surface area contributed by atoms with E-state index in [9.17, 15) is 30.1 Å². The molecule has 96 valence electrons. The van der Waals surface area contributed by atoms with Crippen LogP contribution in [0.3, 0.4) is 0 Å². The van der Waals surface area contributed by atoms with Crippen LogP contribution in [-0.4, -0.2) is 72.0 Å². The van der Waals surface area contributed by atoms with Crippen molar-refractivity contribution in [2.75, 3.05) is 6.16 Å². The van der Waals surface area contributed by atoms with Gasteiger partial charge in [-0.05, 0) is 0 Å². The molecule has 1 rings (SSSR count). The summed E-state index contributed by atoms with van der Waals surface area (Å²) in [4.78, 5) is 17.4. The molecule has 0 spiro atoms. The molecule has 1 saturated carbocycles. The Labute approximate surface area is 90.9 Å². The topological polar surface area (TPSA) is 159 Å². The molecule has 0 aromatic heterocycles. The average Bonchev–Trinajstić information content (AvgIpc) is 2.17. The van der Waals surface area contributed by atoms with Crippen LogP contribution >= 0.6 is 7.60 Å². The predicted molar refractivity (Wildman–Crippen MR) is 50.4 cm³/mol. The van der Waals surface area contributed by atoms with Crippen molar-refractivity contribution in [2.24, 2.45) is 5.92 Å². The van der Waals surface area contributed by atoms with E-state index in [1.165, 1.54) is 0 Å². The molecule has 1 aliphatic carbocycles. The summed E-state index contributed by atoms with van der Waals surface area (Å²) >= 11 is 0. The molecule has 0 aromatic carbocycles. The van der Waals surface area contributed by atoms with Gasteiger partial charge in [0.1, 0.15) is 18.3 Å². The normalized spacial score (nSPS) is 45.7. The Morgan fingerprint density at radius 1 is 0.750 bits per heavy atom. The van der Waals surface area contributed by atoms with Crippen molar-refractivity contribution in [1.29, 1.82) is 0 Å². The molecule has 0 heterocycles. The molecule has 0 radical (unpaired) electrons. The van der Waals surface area contributed by atoms with Gasteiger partial charge in [0.15, 0.2) is 0 Å². The van der Waals surface area contributed by atoms with Gasteiger partial charge in [-0.1, -0.05) is 0 Å². The highest BCUT2D eigenvalue weighted by Crippen LogP contribution is 2.41. The van der Waals surface area contributed by atoms with E-state index in [-0.39, 0.29) is 0 Å². The van der Waals surface area contributed by atoms with Crippen LogP contribution in [0.25, 0.3) is 0 Å². The lowest BCUT2D eigenvalue weighted by atomic mass is 9.79. The number of rotatable bonds is 2. The summed E-state index contributed by atoms with van der Waals surface area (Å²) in [7, 11) is -4.51. The molecule has 0 amide bonds. The van der Waals surface area contributed by atoms with E-state index in [1.54, 1.807) is 0 Å². The predicted octanol–water partition coefficient (Wildman–Crippen LogP) is -3.40. The van der Waals surface area contributed by atoms with Crippen LogP contribution in [0.4, 0.5) is 0 Å². The van der Waals surface area contributed by atoms with Crippen LogP contribution < -0.4 is 0 Å². The molecule has 2 unspecified atom stereocenters. The molecule has 8 nitrogen and oxygen atoms in total.